The second-order valence-electron chi connectivity index (χ2n) is 7.37. The average Bonchev–Trinajstić information content (AvgIpc) is 3.38. The highest BCUT2D eigenvalue weighted by Gasteiger charge is 2.27. The molecule has 5 rings (SSSR count). The quantitative estimate of drug-likeness (QED) is 0.506. The molecule has 0 unspecified atom stereocenters. The van der Waals surface area contributed by atoms with Gasteiger partial charge in [-0.15, -0.1) is 11.3 Å². The van der Waals surface area contributed by atoms with Gasteiger partial charge in [0.2, 0.25) is 5.91 Å². The molecule has 0 bridgehead atoms. The fraction of sp³-hybridized carbons (Fsp3) is 0.286. The topological polar surface area (TPSA) is 85.9 Å². The molecule has 3 heterocycles. The average molecular weight is 420 g/mol. The van der Waals surface area contributed by atoms with E-state index in [0.717, 1.165) is 28.0 Å². The van der Waals surface area contributed by atoms with Crippen LogP contribution in [0.5, 0.6) is 0 Å². The standard InChI is InChI=1S/C21H20N6O2S/c28-19(14-26-21(29)27(24-23-26)16-8-2-1-3-9-16)25-12-6-7-15(13-25)20-22-17-10-4-5-11-18(17)30-20/h1-5,8-11,15H,6-7,12-14H2/t15-/m1/s1. The van der Waals surface area contributed by atoms with Crippen molar-refractivity contribution in [3.05, 3.63) is 70.1 Å². The number of hydrogen-bond acceptors (Lipinski definition) is 6. The van der Waals surface area contributed by atoms with Gasteiger partial charge in [-0.05, 0) is 47.5 Å². The molecule has 1 fully saturated rings. The highest BCUT2D eigenvalue weighted by molar-refractivity contribution is 7.18. The maximum Gasteiger partial charge on any atom is 0.368 e. The van der Waals surface area contributed by atoms with Gasteiger partial charge in [0.1, 0.15) is 6.54 Å². The third kappa shape index (κ3) is 3.52. The van der Waals surface area contributed by atoms with Gasteiger partial charge in [0, 0.05) is 19.0 Å². The Morgan fingerprint density at radius 3 is 2.70 bits per heavy atom. The van der Waals surface area contributed by atoms with Crippen molar-refractivity contribution in [2.24, 2.45) is 0 Å². The Morgan fingerprint density at radius 2 is 1.87 bits per heavy atom. The van der Waals surface area contributed by atoms with Gasteiger partial charge in [0.15, 0.2) is 0 Å². The molecule has 2 aromatic carbocycles. The number of hydrogen-bond donors (Lipinski definition) is 0. The molecule has 0 N–H and O–H groups in total. The monoisotopic (exact) mass is 420 g/mol. The van der Waals surface area contributed by atoms with Crippen molar-refractivity contribution in [2.45, 2.75) is 25.3 Å². The molecule has 0 saturated carbocycles. The number of carbonyl (C=O) groups excluding carboxylic acids is 1. The lowest BCUT2D eigenvalue weighted by Crippen LogP contribution is -2.42. The summed E-state index contributed by atoms with van der Waals surface area (Å²) in [5, 5.41) is 8.87. The summed E-state index contributed by atoms with van der Waals surface area (Å²) >= 11 is 1.69. The third-order valence-corrected chi connectivity index (χ3v) is 6.56. The van der Waals surface area contributed by atoms with Crippen LogP contribution in [0.25, 0.3) is 15.9 Å². The van der Waals surface area contributed by atoms with Crippen LogP contribution in [0.15, 0.2) is 59.4 Å². The molecule has 1 aliphatic rings. The second-order valence-corrected chi connectivity index (χ2v) is 8.43. The van der Waals surface area contributed by atoms with Gasteiger partial charge >= 0.3 is 5.69 Å². The minimum Gasteiger partial charge on any atom is -0.340 e. The number of piperidine rings is 1. The van der Waals surface area contributed by atoms with Gasteiger partial charge in [-0.25, -0.2) is 9.78 Å². The van der Waals surface area contributed by atoms with Crippen molar-refractivity contribution in [3.63, 3.8) is 0 Å². The first-order chi connectivity index (χ1) is 14.7. The summed E-state index contributed by atoms with van der Waals surface area (Å²) in [7, 11) is 0. The smallest absolute Gasteiger partial charge is 0.340 e. The number of carbonyl (C=O) groups is 1. The fourth-order valence-electron chi connectivity index (χ4n) is 3.80. The molecule has 0 radical (unpaired) electrons. The molecular weight excluding hydrogens is 400 g/mol. The lowest BCUT2D eigenvalue weighted by Gasteiger charge is -2.31. The fourth-order valence-corrected chi connectivity index (χ4v) is 4.90. The molecule has 1 amide bonds. The molecule has 1 atom stereocenters. The number of likely N-dealkylation sites (tertiary alicyclic amines) is 1. The SMILES string of the molecule is O=C(Cn1nnn(-c2ccccc2)c1=O)N1CCC[C@@H](c2nc3ccccc3s2)C1. The largest absolute Gasteiger partial charge is 0.368 e. The first-order valence-corrected chi connectivity index (χ1v) is 10.7. The summed E-state index contributed by atoms with van der Waals surface area (Å²) in [5.41, 5.74) is 1.20. The van der Waals surface area contributed by atoms with E-state index in [0.29, 0.717) is 18.8 Å². The molecule has 8 nitrogen and oxygen atoms in total. The Balaban J connectivity index is 1.31. The summed E-state index contributed by atoms with van der Waals surface area (Å²) in [5.74, 6) is 0.0971. The summed E-state index contributed by atoms with van der Waals surface area (Å²) in [6, 6.07) is 17.1. The van der Waals surface area contributed by atoms with Gasteiger partial charge in [-0.3, -0.25) is 4.79 Å². The molecule has 2 aromatic heterocycles. The zero-order valence-electron chi connectivity index (χ0n) is 16.2. The molecule has 0 aliphatic carbocycles. The maximum atomic E-state index is 12.9. The second kappa shape index (κ2) is 7.83. The van der Waals surface area contributed by atoms with Crippen LogP contribution in [0.4, 0.5) is 0 Å². The minimum atomic E-state index is -0.422. The van der Waals surface area contributed by atoms with Crippen LogP contribution < -0.4 is 5.69 Å². The van der Waals surface area contributed by atoms with E-state index in [1.807, 2.05) is 41.3 Å². The molecule has 9 heteroatoms. The van der Waals surface area contributed by atoms with Crippen LogP contribution in [-0.4, -0.2) is 48.7 Å². The van der Waals surface area contributed by atoms with Gasteiger partial charge in [-0.2, -0.15) is 9.36 Å². The van der Waals surface area contributed by atoms with Crippen molar-refractivity contribution in [1.29, 1.82) is 0 Å². The number of thiazole rings is 1. The molecule has 4 aromatic rings. The number of tetrazole rings is 1. The number of nitrogens with zero attached hydrogens (tertiary/aromatic N) is 6. The highest BCUT2D eigenvalue weighted by atomic mass is 32.1. The Kier molecular flexibility index (Phi) is 4.88. The van der Waals surface area contributed by atoms with E-state index in [1.165, 1.54) is 9.38 Å². The summed E-state index contributed by atoms with van der Waals surface area (Å²) in [6.45, 7) is 1.18. The lowest BCUT2D eigenvalue weighted by molar-refractivity contribution is -0.133. The molecule has 152 valence electrons. The minimum absolute atomic E-state index is 0.113. The van der Waals surface area contributed by atoms with Gasteiger partial charge in [0.25, 0.3) is 0 Å². The Morgan fingerprint density at radius 1 is 1.07 bits per heavy atom. The van der Waals surface area contributed by atoms with Gasteiger partial charge in [0.05, 0.1) is 20.9 Å². The number of benzene rings is 2. The first kappa shape index (κ1) is 18.7. The van der Waals surface area contributed by atoms with E-state index < -0.39 is 5.69 Å². The molecule has 0 spiro atoms. The molecule has 30 heavy (non-hydrogen) atoms. The number of fused-ring (bicyclic) bond motifs is 1. The van der Waals surface area contributed by atoms with E-state index in [-0.39, 0.29) is 18.4 Å². The number of amides is 1. The van der Waals surface area contributed by atoms with Crippen molar-refractivity contribution in [3.8, 4) is 5.69 Å². The van der Waals surface area contributed by atoms with Crippen molar-refractivity contribution in [1.82, 2.24) is 29.7 Å². The van der Waals surface area contributed by atoms with Crippen LogP contribution in [0.1, 0.15) is 23.8 Å². The van der Waals surface area contributed by atoms with Gasteiger partial charge in [-0.1, -0.05) is 30.3 Å². The molecular formula is C21H20N6O2S. The van der Waals surface area contributed by atoms with Crippen molar-refractivity contribution < 1.29 is 4.79 Å². The normalized spacial score (nSPS) is 16.8. The lowest BCUT2D eigenvalue weighted by atomic mass is 9.98. The Hall–Kier alpha value is -3.33. The zero-order valence-corrected chi connectivity index (χ0v) is 17.0. The first-order valence-electron chi connectivity index (χ1n) is 9.90. The van der Waals surface area contributed by atoms with E-state index in [4.69, 9.17) is 4.98 Å². The van der Waals surface area contributed by atoms with Crippen LogP contribution in [-0.2, 0) is 11.3 Å². The van der Waals surface area contributed by atoms with Crippen LogP contribution in [0, 0.1) is 0 Å². The van der Waals surface area contributed by atoms with E-state index in [1.54, 1.807) is 23.5 Å². The number of rotatable bonds is 4. The predicted octanol–water partition coefficient (Wildman–Crippen LogP) is 2.44. The zero-order chi connectivity index (χ0) is 20.5. The molecule has 1 saturated heterocycles. The van der Waals surface area contributed by atoms with Crippen LogP contribution in [0.2, 0.25) is 0 Å². The van der Waals surface area contributed by atoms with E-state index in [9.17, 15) is 9.59 Å². The maximum absolute atomic E-state index is 12.9. The summed E-state index contributed by atoms with van der Waals surface area (Å²) in [4.78, 5) is 32.1. The summed E-state index contributed by atoms with van der Waals surface area (Å²) < 4.78 is 3.49. The number of aromatic nitrogens is 5. The summed E-state index contributed by atoms with van der Waals surface area (Å²) in [6.07, 6.45) is 1.92. The highest BCUT2D eigenvalue weighted by Crippen LogP contribution is 2.32. The predicted molar refractivity (Wildman–Crippen MR) is 114 cm³/mol. The van der Waals surface area contributed by atoms with Crippen molar-refractivity contribution in [2.75, 3.05) is 13.1 Å². The van der Waals surface area contributed by atoms with E-state index >= 15 is 0 Å². The van der Waals surface area contributed by atoms with Crippen LogP contribution >= 0.6 is 11.3 Å². The van der Waals surface area contributed by atoms with Crippen molar-refractivity contribution >= 4 is 27.5 Å². The Labute approximate surface area is 176 Å². The molecule has 1 aliphatic heterocycles. The third-order valence-electron chi connectivity index (χ3n) is 5.36. The van der Waals surface area contributed by atoms with Gasteiger partial charge < -0.3 is 4.90 Å². The van der Waals surface area contributed by atoms with Crippen LogP contribution in [0.3, 0.4) is 0 Å². The van der Waals surface area contributed by atoms with E-state index in [2.05, 4.69) is 16.5 Å². The number of para-hydroxylation sites is 2. The Bertz CT molecular complexity index is 1210.